The van der Waals surface area contributed by atoms with Crippen molar-refractivity contribution in [3.63, 3.8) is 0 Å². The van der Waals surface area contributed by atoms with E-state index < -0.39 is 4.92 Å². The second kappa shape index (κ2) is 8.51. The Morgan fingerprint density at radius 1 is 1.14 bits per heavy atom. The van der Waals surface area contributed by atoms with Crippen LogP contribution in [0.4, 0.5) is 17.1 Å². The van der Waals surface area contributed by atoms with E-state index >= 15 is 0 Å². The predicted octanol–water partition coefficient (Wildman–Crippen LogP) is 3.10. The van der Waals surface area contributed by atoms with Crippen molar-refractivity contribution >= 4 is 28.9 Å². The van der Waals surface area contributed by atoms with E-state index in [9.17, 15) is 19.7 Å². The van der Waals surface area contributed by atoms with E-state index in [2.05, 4.69) is 16.0 Å². The zero-order chi connectivity index (χ0) is 20.1. The third-order valence-corrected chi connectivity index (χ3v) is 4.48. The van der Waals surface area contributed by atoms with E-state index in [4.69, 9.17) is 0 Å². The lowest BCUT2D eigenvalue weighted by Gasteiger charge is -2.11. The summed E-state index contributed by atoms with van der Waals surface area (Å²) >= 11 is 0. The highest BCUT2D eigenvalue weighted by Crippen LogP contribution is 2.26. The Kier molecular flexibility index (Phi) is 5.88. The summed E-state index contributed by atoms with van der Waals surface area (Å²) in [5, 5.41) is 19.8. The number of hydrogen-bond donors (Lipinski definition) is 3. The minimum absolute atomic E-state index is 0.132. The van der Waals surface area contributed by atoms with Gasteiger partial charge in [-0.1, -0.05) is 25.1 Å². The first kappa shape index (κ1) is 19.3. The normalized spacial score (nSPS) is 12.9. The molecule has 0 aliphatic heterocycles. The molecule has 0 aromatic heterocycles. The van der Waals surface area contributed by atoms with Crippen molar-refractivity contribution in [2.45, 2.75) is 32.2 Å². The third kappa shape index (κ3) is 4.85. The molecule has 146 valence electrons. The van der Waals surface area contributed by atoms with Crippen LogP contribution in [0.3, 0.4) is 0 Å². The number of anilines is 2. The van der Waals surface area contributed by atoms with Gasteiger partial charge in [-0.05, 0) is 43.0 Å². The molecular weight excluding hydrogens is 360 g/mol. The van der Waals surface area contributed by atoms with Crippen LogP contribution in [0.15, 0.2) is 42.5 Å². The van der Waals surface area contributed by atoms with Gasteiger partial charge < -0.3 is 16.0 Å². The molecule has 0 radical (unpaired) electrons. The summed E-state index contributed by atoms with van der Waals surface area (Å²) in [6.07, 6.45) is 2.65. The number of rotatable bonds is 8. The average Bonchev–Trinajstić information content (AvgIpc) is 3.50. The molecule has 8 heteroatoms. The van der Waals surface area contributed by atoms with Gasteiger partial charge >= 0.3 is 0 Å². The summed E-state index contributed by atoms with van der Waals surface area (Å²) in [5.41, 5.74) is 1.90. The smallest absolute Gasteiger partial charge is 0.293 e. The number of nitrogens with zero attached hydrogens (tertiary/aromatic N) is 1. The Morgan fingerprint density at radius 2 is 1.89 bits per heavy atom. The lowest BCUT2D eigenvalue weighted by Crippen LogP contribution is -2.25. The van der Waals surface area contributed by atoms with E-state index in [1.165, 1.54) is 18.2 Å². The molecule has 0 atom stereocenters. The quantitative estimate of drug-likeness (QED) is 0.480. The maximum atomic E-state index is 12.2. The molecule has 3 N–H and O–H groups in total. The number of carbonyl (C=O) groups is 2. The first-order valence-corrected chi connectivity index (χ1v) is 9.19. The van der Waals surface area contributed by atoms with Crippen molar-refractivity contribution in [2.75, 3.05) is 17.2 Å². The number of amides is 2. The number of benzene rings is 2. The Hall–Kier alpha value is -3.42. The largest absolute Gasteiger partial charge is 0.371 e. The molecule has 0 heterocycles. The van der Waals surface area contributed by atoms with Crippen LogP contribution in [-0.2, 0) is 11.2 Å². The highest BCUT2D eigenvalue weighted by Gasteiger charge is 2.25. The Balaban J connectivity index is 1.66. The second-order valence-corrected chi connectivity index (χ2v) is 6.65. The number of aryl methyl sites for hydroxylation is 1. The lowest BCUT2D eigenvalue weighted by molar-refractivity contribution is -0.384. The molecule has 2 aromatic carbocycles. The molecule has 0 unspecified atom stereocenters. The predicted molar refractivity (Wildman–Crippen MR) is 107 cm³/mol. The molecule has 1 saturated carbocycles. The highest BCUT2D eigenvalue weighted by molar-refractivity contribution is 5.97. The van der Waals surface area contributed by atoms with Crippen LogP contribution in [0.25, 0.3) is 0 Å². The van der Waals surface area contributed by atoms with Crippen molar-refractivity contribution in [3.05, 3.63) is 63.7 Å². The molecule has 8 nitrogen and oxygen atoms in total. The first-order valence-electron chi connectivity index (χ1n) is 9.19. The zero-order valence-corrected chi connectivity index (χ0v) is 15.5. The summed E-state index contributed by atoms with van der Waals surface area (Å²) < 4.78 is 0. The summed E-state index contributed by atoms with van der Waals surface area (Å²) in [7, 11) is 0. The maximum absolute atomic E-state index is 12.2. The minimum atomic E-state index is -0.569. The first-order chi connectivity index (χ1) is 13.5. The van der Waals surface area contributed by atoms with Gasteiger partial charge in [0.15, 0.2) is 0 Å². The third-order valence-electron chi connectivity index (χ3n) is 4.48. The van der Waals surface area contributed by atoms with Crippen molar-refractivity contribution < 1.29 is 14.5 Å². The molecule has 3 rings (SSSR count). The van der Waals surface area contributed by atoms with Crippen LogP contribution in [-0.4, -0.2) is 29.3 Å². The number of carbonyl (C=O) groups excluding carboxylic acids is 2. The van der Waals surface area contributed by atoms with Gasteiger partial charge in [-0.15, -0.1) is 0 Å². The van der Waals surface area contributed by atoms with Crippen molar-refractivity contribution in [3.8, 4) is 0 Å². The monoisotopic (exact) mass is 382 g/mol. The van der Waals surface area contributed by atoms with Crippen LogP contribution in [0.2, 0.25) is 0 Å². The van der Waals surface area contributed by atoms with Crippen molar-refractivity contribution in [2.24, 2.45) is 0 Å². The van der Waals surface area contributed by atoms with Gasteiger partial charge in [-0.2, -0.15) is 0 Å². The summed E-state index contributed by atoms with van der Waals surface area (Å²) in [6.45, 7) is 1.86. The summed E-state index contributed by atoms with van der Waals surface area (Å²) in [5.74, 6) is -0.642. The second-order valence-electron chi connectivity index (χ2n) is 6.65. The standard InChI is InChI=1S/C20H22N4O4/c1-2-13-5-3-4-6-16(13)23-19(25)12-21-17-10-7-14(11-18(17)24(27)28)20(26)22-15-8-9-15/h3-7,10-11,15,21H,2,8-9,12H2,1H3,(H,22,26)(H,23,25). The number of para-hydroxylation sites is 1. The minimum Gasteiger partial charge on any atom is -0.371 e. The Labute approximate surface area is 162 Å². The van der Waals surface area contributed by atoms with Crippen molar-refractivity contribution in [1.82, 2.24) is 5.32 Å². The molecule has 2 amide bonds. The van der Waals surface area contributed by atoms with Gasteiger partial charge in [0.25, 0.3) is 11.6 Å². The van der Waals surface area contributed by atoms with Gasteiger partial charge in [0.1, 0.15) is 5.69 Å². The molecule has 1 aliphatic carbocycles. The van der Waals surface area contributed by atoms with Gasteiger partial charge in [-0.3, -0.25) is 19.7 Å². The molecule has 1 aliphatic rings. The summed E-state index contributed by atoms with van der Waals surface area (Å²) in [6, 6.07) is 11.8. The number of nitro benzene ring substituents is 1. The summed E-state index contributed by atoms with van der Waals surface area (Å²) in [4.78, 5) is 35.1. The van der Waals surface area contributed by atoms with E-state index in [0.717, 1.165) is 30.5 Å². The Morgan fingerprint density at radius 3 is 2.57 bits per heavy atom. The molecule has 28 heavy (non-hydrogen) atoms. The van der Waals surface area contributed by atoms with E-state index in [0.29, 0.717) is 0 Å². The molecule has 2 aromatic rings. The molecular formula is C20H22N4O4. The van der Waals surface area contributed by atoms with E-state index in [1.54, 1.807) is 0 Å². The number of nitro groups is 1. The topological polar surface area (TPSA) is 113 Å². The van der Waals surface area contributed by atoms with E-state index in [1.807, 2.05) is 31.2 Å². The van der Waals surface area contributed by atoms with Crippen LogP contribution in [0.1, 0.15) is 35.7 Å². The molecule has 0 spiro atoms. The lowest BCUT2D eigenvalue weighted by atomic mass is 10.1. The fraction of sp³-hybridized carbons (Fsp3) is 0.300. The van der Waals surface area contributed by atoms with Crippen LogP contribution in [0, 0.1) is 10.1 Å². The van der Waals surface area contributed by atoms with Gasteiger partial charge in [0.05, 0.1) is 11.5 Å². The van der Waals surface area contributed by atoms with Crippen LogP contribution < -0.4 is 16.0 Å². The average molecular weight is 382 g/mol. The molecule has 1 fully saturated rings. The van der Waals surface area contributed by atoms with Gasteiger partial charge in [0, 0.05) is 23.4 Å². The van der Waals surface area contributed by atoms with Gasteiger partial charge in [-0.25, -0.2) is 0 Å². The fourth-order valence-electron chi connectivity index (χ4n) is 2.79. The highest BCUT2D eigenvalue weighted by atomic mass is 16.6. The number of hydrogen-bond acceptors (Lipinski definition) is 5. The van der Waals surface area contributed by atoms with Crippen LogP contribution >= 0.6 is 0 Å². The van der Waals surface area contributed by atoms with E-state index in [-0.39, 0.29) is 41.3 Å². The molecule has 0 saturated heterocycles. The number of nitrogens with one attached hydrogen (secondary N) is 3. The van der Waals surface area contributed by atoms with Crippen LogP contribution in [0.5, 0.6) is 0 Å². The maximum Gasteiger partial charge on any atom is 0.293 e. The fourth-order valence-corrected chi connectivity index (χ4v) is 2.79. The van der Waals surface area contributed by atoms with Gasteiger partial charge in [0.2, 0.25) is 5.91 Å². The Bertz CT molecular complexity index is 909. The zero-order valence-electron chi connectivity index (χ0n) is 15.5. The molecule has 0 bridgehead atoms. The SMILES string of the molecule is CCc1ccccc1NC(=O)CNc1ccc(C(=O)NC2CC2)cc1[N+](=O)[O-]. The van der Waals surface area contributed by atoms with Crippen molar-refractivity contribution in [1.29, 1.82) is 0 Å².